The van der Waals surface area contributed by atoms with Crippen molar-refractivity contribution >= 4 is 37.5 Å². The molecule has 3 aromatic rings. The number of sulfonamides is 1. The molecule has 0 spiro atoms. The second kappa shape index (κ2) is 8.89. The Hall–Kier alpha value is -3.19. The van der Waals surface area contributed by atoms with Crippen molar-refractivity contribution in [3.8, 4) is 17.6 Å². The first-order valence-electron chi connectivity index (χ1n) is 9.01. The number of ether oxygens (including phenoxy) is 1. The molecule has 9 heteroatoms. The fraction of sp³-hybridized carbons (Fsp3) is 0.0909. The number of halogens is 1. The SMILES string of the molecule is Cc1cc(S(N)(=O)=O)ccc1NC(=O)c1ccc(Oc2ccc(C#N)cc2C)c(Br)c1. The number of rotatable bonds is 5. The first kappa shape index (κ1) is 22.5. The molecule has 3 N–H and O–H groups in total. The molecule has 0 saturated heterocycles. The second-order valence-electron chi connectivity index (χ2n) is 6.82. The lowest BCUT2D eigenvalue weighted by Crippen LogP contribution is -2.15. The first-order valence-corrected chi connectivity index (χ1v) is 11.4. The predicted octanol–water partition coefficient (Wildman–Crippen LogP) is 4.63. The number of nitrogens with two attached hydrogens (primary N) is 1. The van der Waals surface area contributed by atoms with Gasteiger partial charge in [-0.1, -0.05) is 0 Å². The number of primary sulfonamides is 1. The van der Waals surface area contributed by atoms with Crippen molar-refractivity contribution < 1.29 is 17.9 Å². The Kier molecular flexibility index (Phi) is 6.45. The molecule has 0 atom stereocenters. The summed E-state index contributed by atoms with van der Waals surface area (Å²) in [5.74, 6) is 0.744. The molecule has 0 heterocycles. The van der Waals surface area contributed by atoms with Gasteiger partial charge < -0.3 is 10.1 Å². The molecule has 0 saturated carbocycles. The van der Waals surface area contributed by atoms with Gasteiger partial charge in [0.1, 0.15) is 11.5 Å². The van der Waals surface area contributed by atoms with Gasteiger partial charge in [0.05, 0.1) is 21.0 Å². The molecule has 0 aliphatic carbocycles. The van der Waals surface area contributed by atoms with Gasteiger partial charge >= 0.3 is 0 Å². The third kappa shape index (κ3) is 5.30. The van der Waals surface area contributed by atoms with Gasteiger partial charge in [0, 0.05) is 11.3 Å². The summed E-state index contributed by atoms with van der Waals surface area (Å²) in [7, 11) is -3.81. The number of benzene rings is 3. The molecule has 3 aromatic carbocycles. The zero-order chi connectivity index (χ0) is 22.8. The summed E-state index contributed by atoms with van der Waals surface area (Å²) in [5.41, 5.74) is 2.78. The standard InChI is InChI=1S/C22H18BrN3O4S/c1-13-10-17(31(25,28)29)5-6-19(13)26-22(27)16-4-8-21(18(23)11-16)30-20-7-3-15(12-24)9-14(20)2/h3-11H,1-2H3,(H,26,27)(H2,25,28,29). The number of nitrogens with zero attached hydrogens (tertiary/aromatic N) is 1. The Morgan fingerprint density at radius 2 is 1.74 bits per heavy atom. The third-order valence-corrected chi connectivity index (χ3v) is 6.02. The van der Waals surface area contributed by atoms with E-state index in [1.54, 1.807) is 43.3 Å². The van der Waals surface area contributed by atoms with Gasteiger partial charge in [-0.15, -0.1) is 0 Å². The van der Waals surface area contributed by atoms with Crippen LogP contribution in [-0.4, -0.2) is 14.3 Å². The Labute approximate surface area is 188 Å². The molecule has 0 unspecified atom stereocenters. The highest BCUT2D eigenvalue weighted by molar-refractivity contribution is 9.10. The van der Waals surface area contributed by atoms with Crippen LogP contribution in [0.1, 0.15) is 27.0 Å². The largest absolute Gasteiger partial charge is 0.456 e. The quantitative estimate of drug-likeness (QED) is 0.529. The van der Waals surface area contributed by atoms with Crippen LogP contribution in [0.3, 0.4) is 0 Å². The van der Waals surface area contributed by atoms with Crippen molar-refractivity contribution in [2.75, 3.05) is 5.32 Å². The van der Waals surface area contributed by atoms with E-state index in [9.17, 15) is 13.2 Å². The van der Waals surface area contributed by atoms with Gasteiger partial charge in [0.2, 0.25) is 10.0 Å². The van der Waals surface area contributed by atoms with E-state index in [1.165, 1.54) is 18.2 Å². The molecule has 158 valence electrons. The van der Waals surface area contributed by atoms with Gasteiger partial charge in [-0.25, -0.2) is 13.6 Å². The highest BCUT2D eigenvalue weighted by Crippen LogP contribution is 2.32. The van der Waals surface area contributed by atoms with E-state index >= 15 is 0 Å². The summed E-state index contributed by atoms with van der Waals surface area (Å²) < 4.78 is 29.4. The summed E-state index contributed by atoms with van der Waals surface area (Å²) in [6.07, 6.45) is 0. The number of carbonyl (C=O) groups is 1. The second-order valence-corrected chi connectivity index (χ2v) is 9.23. The van der Waals surface area contributed by atoms with Gasteiger partial charge in [-0.2, -0.15) is 5.26 Å². The van der Waals surface area contributed by atoms with Gasteiger partial charge in [-0.3, -0.25) is 4.79 Å². The number of hydrogen-bond donors (Lipinski definition) is 2. The van der Waals surface area contributed by atoms with Crippen LogP contribution >= 0.6 is 15.9 Å². The molecule has 0 fully saturated rings. The molecular weight excluding hydrogens is 482 g/mol. The van der Waals surface area contributed by atoms with Crippen molar-refractivity contribution in [3.05, 3.63) is 81.3 Å². The average molecular weight is 500 g/mol. The molecule has 31 heavy (non-hydrogen) atoms. The molecule has 0 aromatic heterocycles. The molecule has 1 amide bonds. The number of carbonyl (C=O) groups excluding carboxylic acids is 1. The molecule has 3 rings (SSSR count). The molecule has 7 nitrogen and oxygen atoms in total. The van der Waals surface area contributed by atoms with E-state index in [4.69, 9.17) is 15.1 Å². The Bertz CT molecular complexity index is 1330. The van der Waals surface area contributed by atoms with E-state index < -0.39 is 10.0 Å². The zero-order valence-electron chi connectivity index (χ0n) is 16.6. The van der Waals surface area contributed by atoms with Gasteiger partial charge in [0.15, 0.2) is 0 Å². The predicted molar refractivity (Wildman–Crippen MR) is 121 cm³/mol. The van der Waals surface area contributed by atoms with E-state index in [1.807, 2.05) is 6.92 Å². The number of anilines is 1. The topological polar surface area (TPSA) is 122 Å². The number of amides is 1. The minimum Gasteiger partial charge on any atom is -0.456 e. The monoisotopic (exact) mass is 499 g/mol. The fourth-order valence-electron chi connectivity index (χ4n) is 2.82. The van der Waals surface area contributed by atoms with E-state index in [0.29, 0.717) is 38.3 Å². The summed E-state index contributed by atoms with van der Waals surface area (Å²) in [5, 5.41) is 16.9. The summed E-state index contributed by atoms with van der Waals surface area (Å²) in [6, 6.07) is 16.3. The zero-order valence-corrected chi connectivity index (χ0v) is 19.0. The van der Waals surface area contributed by atoms with Crippen LogP contribution in [0.4, 0.5) is 5.69 Å². The number of hydrogen-bond acceptors (Lipinski definition) is 5. The van der Waals surface area contributed by atoms with Crippen LogP contribution < -0.4 is 15.2 Å². The molecule has 0 bridgehead atoms. The Morgan fingerprint density at radius 1 is 1.03 bits per heavy atom. The van der Waals surface area contributed by atoms with Crippen LogP contribution in [0.15, 0.2) is 64.0 Å². The van der Waals surface area contributed by atoms with Crippen LogP contribution in [0.5, 0.6) is 11.5 Å². The smallest absolute Gasteiger partial charge is 0.255 e. The van der Waals surface area contributed by atoms with E-state index in [-0.39, 0.29) is 10.8 Å². The molecule has 0 aliphatic heterocycles. The lowest BCUT2D eigenvalue weighted by Gasteiger charge is -2.13. The first-order chi connectivity index (χ1) is 14.6. The highest BCUT2D eigenvalue weighted by atomic mass is 79.9. The lowest BCUT2D eigenvalue weighted by molar-refractivity contribution is 0.102. The highest BCUT2D eigenvalue weighted by Gasteiger charge is 2.14. The Balaban J connectivity index is 1.78. The fourth-order valence-corrected chi connectivity index (χ4v) is 3.88. The molecule has 0 aliphatic rings. The number of nitrogens with one attached hydrogen (secondary N) is 1. The normalized spacial score (nSPS) is 10.9. The van der Waals surface area contributed by atoms with Gasteiger partial charge in [0.25, 0.3) is 5.91 Å². The van der Waals surface area contributed by atoms with Crippen molar-refractivity contribution in [3.63, 3.8) is 0 Å². The van der Waals surface area contributed by atoms with Crippen LogP contribution in [0.2, 0.25) is 0 Å². The van der Waals surface area contributed by atoms with E-state index in [0.717, 1.165) is 5.56 Å². The maximum absolute atomic E-state index is 12.6. The summed E-state index contributed by atoms with van der Waals surface area (Å²) in [6.45, 7) is 3.52. The van der Waals surface area contributed by atoms with Crippen molar-refractivity contribution in [1.82, 2.24) is 0 Å². The number of nitriles is 1. The molecular formula is C22H18BrN3O4S. The van der Waals surface area contributed by atoms with Crippen molar-refractivity contribution in [1.29, 1.82) is 5.26 Å². The Morgan fingerprint density at radius 3 is 2.32 bits per heavy atom. The van der Waals surface area contributed by atoms with Crippen molar-refractivity contribution in [2.24, 2.45) is 5.14 Å². The number of aryl methyl sites for hydroxylation is 2. The minimum atomic E-state index is -3.81. The lowest BCUT2D eigenvalue weighted by atomic mass is 10.1. The molecule has 0 radical (unpaired) electrons. The average Bonchev–Trinajstić information content (AvgIpc) is 2.71. The maximum Gasteiger partial charge on any atom is 0.255 e. The maximum atomic E-state index is 12.6. The van der Waals surface area contributed by atoms with Crippen LogP contribution in [0, 0.1) is 25.2 Å². The minimum absolute atomic E-state index is 0.0228. The van der Waals surface area contributed by atoms with Gasteiger partial charge in [-0.05, 0) is 95.5 Å². The van der Waals surface area contributed by atoms with Crippen LogP contribution in [0.25, 0.3) is 0 Å². The summed E-state index contributed by atoms with van der Waals surface area (Å²) in [4.78, 5) is 12.6. The third-order valence-electron chi connectivity index (χ3n) is 4.49. The van der Waals surface area contributed by atoms with E-state index in [2.05, 4.69) is 27.3 Å². The van der Waals surface area contributed by atoms with Crippen molar-refractivity contribution in [2.45, 2.75) is 18.7 Å². The summed E-state index contributed by atoms with van der Waals surface area (Å²) >= 11 is 3.42. The van der Waals surface area contributed by atoms with Crippen LogP contribution in [-0.2, 0) is 10.0 Å².